The van der Waals surface area contributed by atoms with Crippen LogP contribution in [0.5, 0.6) is 0 Å². The fourth-order valence-corrected chi connectivity index (χ4v) is 3.43. The number of nitrogens with one attached hydrogen (secondary N) is 1. The minimum Gasteiger partial charge on any atom is -0.450 e. The van der Waals surface area contributed by atoms with Gasteiger partial charge in [-0.3, -0.25) is 4.79 Å². The number of hydrogen-bond acceptors (Lipinski definition) is 5. The van der Waals surface area contributed by atoms with Gasteiger partial charge in [0, 0.05) is 32.1 Å². The zero-order valence-electron chi connectivity index (χ0n) is 15.3. The fraction of sp³-hybridized carbons (Fsp3) is 0.579. The lowest BCUT2D eigenvalue weighted by molar-refractivity contribution is -0.121. The fourth-order valence-electron chi connectivity index (χ4n) is 3.43. The molecule has 1 N–H and O–H groups in total. The molecule has 1 aromatic carbocycles. The molecule has 2 amide bonds. The van der Waals surface area contributed by atoms with Crippen molar-refractivity contribution in [2.75, 3.05) is 56.2 Å². The number of rotatable bonds is 4. The number of ether oxygens (including phenoxy) is 2. The second kappa shape index (κ2) is 8.89. The summed E-state index contributed by atoms with van der Waals surface area (Å²) in [6.07, 6.45) is 1.03. The molecule has 7 heteroatoms. The third-order valence-electron chi connectivity index (χ3n) is 4.91. The molecule has 0 bridgehead atoms. The SMILES string of the molecule is CCOC(=O)N1CCC(C(=O)Nc2ccccc2N2CCOCC2)CC1. The predicted molar refractivity (Wildman–Crippen MR) is 99.4 cm³/mol. The second-order valence-corrected chi connectivity index (χ2v) is 6.57. The van der Waals surface area contributed by atoms with Crippen LogP contribution in [0.2, 0.25) is 0 Å². The van der Waals surface area contributed by atoms with Gasteiger partial charge < -0.3 is 24.6 Å². The van der Waals surface area contributed by atoms with Gasteiger partial charge in [0.25, 0.3) is 0 Å². The molecule has 0 saturated carbocycles. The van der Waals surface area contributed by atoms with Crippen LogP contribution in [-0.2, 0) is 14.3 Å². The zero-order valence-corrected chi connectivity index (χ0v) is 15.3. The summed E-state index contributed by atoms with van der Waals surface area (Å²) in [5.74, 6) is -0.0624. The molecule has 1 aromatic rings. The van der Waals surface area contributed by atoms with E-state index in [9.17, 15) is 9.59 Å². The van der Waals surface area contributed by atoms with E-state index in [2.05, 4.69) is 10.2 Å². The van der Waals surface area contributed by atoms with E-state index in [1.54, 1.807) is 11.8 Å². The summed E-state index contributed by atoms with van der Waals surface area (Å²) in [5, 5.41) is 3.09. The van der Waals surface area contributed by atoms with Crippen molar-refractivity contribution in [3.05, 3.63) is 24.3 Å². The molecule has 7 nitrogen and oxygen atoms in total. The Kier molecular flexibility index (Phi) is 6.33. The summed E-state index contributed by atoms with van der Waals surface area (Å²) < 4.78 is 10.4. The van der Waals surface area contributed by atoms with Crippen molar-refractivity contribution in [2.24, 2.45) is 5.92 Å². The molecule has 0 spiro atoms. The van der Waals surface area contributed by atoms with Gasteiger partial charge in [-0.1, -0.05) is 12.1 Å². The molecule has 26 heavy (non-hydrogen) atoms. The first-order valence-electron chi connectivity index (χ1n) is 9.33. The molecule has 0 radical (unpaired) electrons. The zero-order chi connectivity index (χ0) is 18.4. The van der Waals surface area contributed by atoms with Crippen LogP contribution in [0.3, 0.4) is 0 Å². The smallest absolute Gasteiger partial charge is 0.409 e. The van der Waals surface area contributed by atoms with Gasteiger partial charge in [0.15, 0.2) is 0 Å². The van der Waals surface area contributed by atoms with Crippen LogP contribution < -0.4 is 10.2 Å². The lowest BCUT2D eigenvalue weighted by Gasteiger charge is -2.32. The van der Waals surface area contributed by atoms with E-state index < -0.39 is 0 Å². The Hall–Kier alpha value is -2.28. The molecule has 0 aliphatic carbocycles. The van der Waals surface area contributed by atoms with Crippen molar-refractivity contribution in [1.82, 2.24) is 4.90 Å². The molecule has 2 heterocycles. The maximum Gasteiger partial charge on any atom is 0.409 e. The predicted octanol–water partition coefficient (Wildman–Crippen LogP) is 2.33. The molecular weight excluding hydrogens is 334 g/mol. The first kappa shape index (κ1) is 18.5. The number of carbonyl (C=O) groups excluding carboxylic acids is 2. The van der Waals surface area contributed by atoms with Gasteiger partial charge in [-0.2, -0.15) is 0 Å². The van der Waals surface area contributed by atoms with Crippen LogP contribution in [0.1, 0.15) is 19.8 Å². The third kappa shape index (κ3) is 4.46. The second-order valence-electron chi connectivity index (χ2n) is 6.57. The number of amides is 2. The molecule has 0 unspecified atom stereocenters. The normalized spacial score (nSPS) is 18.5. The summed E-state index contributed by atoms with van der Waals surface area (Å²) in [7, 11) is 0. The Labute approximate surface area is 154 Å². The Morgan fingerprint density at radius 2 is 1.85 bits per heavy atom. The summed E-state index contributed by atoms with van der Waals surface area (Å²) in [4.78, 5) is 28.4. The lowest BCUT2D eigenvalue weighted by atomic mass is 9.96. The van der Waals surface area contributed by atoms with Crippen LogP contribution in [0, 0.1) is 5.92 Å². The highest BCUT2D eigenvalue weighted by atomic mass is 16.6. The average Bonchev–Trinajstić information content (AvgIpc) is 2.69. The van der Waals surface area contributed by atoms with Crippen LogP contribution >= 0.6 is 0 Å². The number of anilines is 2. The van der Waals surface area contributed by atoms with Crippen LogP contribution in [0.25, 0.3) is 0 Å². The number of para-hydroxylation sites is 2. The maximum absolute atomic E-state index is 12.7. The topological polar surface area (TPSA) is 71.1 Å². The minimum absolute atomic E-state index is 0.0224. The standard InChI is InChI=1S/C19H27N3O4/c1-2-26-19(24)22-9-7-15(8-10-22)18(23)20-16-5-3-4-6-17(16)21-11-13-25-14-12-21/h3-6,15H,2,7-14H2,1H3,(H,20,23). The number of morpholine rings is 1. The third-order valence-corrected chi connectivity index (χ3v) is 4.91. The van der Waals surface area contributed by atoms with Crippen molar-refractivity contribution in [3.8, 4) is 0 Å². The van der Waals surface area contributed by atoms with Crippen molar-refractivity contribution in [1.29, 1.82) is 0 Å². The monoisotopic (exact) mass is 361 g/mol. The number of likely N-dealkylation sites (tertiary alicyclic amines) is 1. The van der Waals surface area contributed by atoms with E-state index in [0.29, 0.717) is 45.8 Å². The molecule has 2 saturated heterocycles. The molecule has 2 aliphatic rings. The highest BCUT2D eigenvalue weighted by Gasteiger charge is 2.28. The highest BCUT2D eigenvalue weighted by Crippen LogP contribution is 2.28. The van der Waals surface area contributed by atoms with E-state index in [-0.39, 0.29) is 17.9 Å². The number of carbonyl (C=O) groups is 2. The number of benzene rings is 1. The van der Waals surface area contributed by atoms with Gasteiger partial charge >= 0.3 is 6.09 Å². The molecule has 2 aliphatic heterocycles. The van der Waals surface area contributed by atoms with Gasteiger partial charge in [0.05, 0.1) is 31.2 Å². The minimum atomic E-state index is -0.288. The Balaban J connectivity index is 1.58. The first-order valence-corrected chi connectivity index (χ1v) is 9.33. The molecule has 142 valence electrons. The van der Waals surface area contributed by atoms with Crippen LogP contribution in [-0.4, -0.2) is 62.9 Å². The number of piperidine rings is 1. The molecule has 0 atom stereocenters. The van der Waals surface area contributed by atoms with Crippen molar-refractivity contribution in [2.45, 2.75) is 19.8 Å². The molecule has 0 aromatic heterocycles. The van der Waals surface area contributed by atoms with E-state index in [0.717, 1.165) is 24.5 Å². The molecule has 3 rings (SSSR count). The highest BCUT2D eigenvalue weighted by molar-refractivity contribution is 5.96. The lowest BCUT2D eigenvalue weighted by Crippen LogP contribution is -2.42. The van der Waals surface area contributed by atoms with Crippen LogP contribution in [0.15, 0.2) is 24.3 Å². The van der Waals surface area contributed by atoms with Crippen molar-refractivity contribution in [3.63, 3.8) is 0 Å². The summed E-state index contributed by atoms with van der Waals surface area (Å²) >= 11 is 0. The Morgan fingerprint density at radius 3 is 2.54 bits per heavy atom. The summed E-state index contributed by atoms with van der Waals surface area (Å²) in [6, 6.07) is 7.89. The number of nitrogens with zero attached hydrogens (tertiary/aromatic N) is 2. The quantitative estimate of drug-likeness (QED) is 0.891. The van der Waals surface area contributed by atoms with Crippen molar-refractivity contribution < 1.29 is 19.1 Å². The van der Waals surface area contributed by atoms with Crippen molar-refractivity contribution >= 4 is 23.4 Å². The largest absolute Gasteiger partial charge is 0.450 e. The number of hydrogen-bond donors (Lipinski definition) is 1. The van der Waals surface area contributed by atoms with Gasteiger partial charge in [-0.25, -0.2) is 4.79 Å². The van der Waals surface area contributed by atoms with E-state index in [1.807, 2.05) is 24.3 Å². The maximum atomic E-state index is 12.7. The van der Waals surface area contributed by atoms with Gasteiger partial charge in [0.2, 0.25) is 5.91 Å². The van der Waals surface area contributed by atoms with E-state index in [1.165, 1.54) is 0 Å². The Morgan fingerprint density at radius 1 is 1.15 bits per heavy atom. The van der Waals surface area contributed by atoms with E-state index in [4.69, 9.17) is 9.47 Å². The van der Waals surface area contributed by atoms with Gasteiger partial charge in [-0.05, 0) is 31.9 Å². The first-order chi connectivity index (χ1) is 12.7. The average molecular weight is 361 g/mol. The van der Waals surface area contributed by atoms with Gasteiger partial charge in [-0.15, -0.1) is 0 Å². The Bertz CT molecular complexity index is 623. The van der Waals surface area contributed by atoms with E-state index >= 15 is 0 Å². The summed E-state index contributed by atoms with van der Waals surface area (Å²) in [5.41, 5.74) is 1.88. The van der Waals surface area contributed by atoms with Crippen LogP contribution in [0.4, 0.5) is 16.2 Å². The van der Waals surface area contributed by atoms with Gasteiger partial charge in [0.1, 0.15) is 0 Å². The summed E-state index contributed by atoms with van der Waals surface area (Å²) in [6.45, 7) is 6.34. The molecule has 2 fully saturated rings. The molecular formula is C19H27N3O4.